The molecule has 0 aliphatic heterocycles. The number of aliphatic hydroxyl groups is 1. The Morgan fingerprint density at radius 2 is 2.47 bits per heavy atom. The molecule has 17 heavy (non-hydrogen) atoms. The first-order valence-corrected chi connectivity index (χ1v) is 6.72. The van der Waals surface area contributed by atoms with Gasteiger partial charge >= 0.3 is 0 Å². The van der Waals surface area contributed by atoms with Gasteiger partial charge in [-0.05, 0) is 44.4 Å². The maximum absolute atomic E-state index is 11.7. The molecule has 0 aromatic carbocycles. The molecule has 0 saturated heterocycles. The summed E-state index contributed by atoms with van der Waals surface area (Å²) in [6, 6.07) is 3.53. The highest BCUT2D eigenvalue weighted by Gasteiger charge is 2.12. The van der Waals surface area contributed by atoms with Gasteiger partial charge in [0, 0.05) is 17.2 Å². The molecule has 0 radical (unpaired) electrons. The Hall–Kier alpha value is -1.11. The van der Waals surface area contributed by atoms with Crippen LogP contribution in [0.4, 0.5) is 0 Å². The first-order chi connectivity index (χ1) is 8.16. The number of H-pyrrole nitrogens is 1. The Labute approximate surface area is 111 Å². The third-order valence-electron chi connectivity index (χ3n) is 2.28. The van der Waals surface area contributed by atoms with Crippen molar-refractivity contribution in [3.63, 3.8) is 0 Å². The first-order valence-electron chi connectivity index (χ1n) is 4.99. The van der Waals surface area contributed by atoms with Gasteiger partial charge in [-0.2, -0.15) is 11.3 Å². The average molecular weight is 315 g/mol. The van der Waals surface area contributed by atoms with E-state index >= 15 is 0 Å². The minimum atomic E-state index is -0.663. The van der Waals surface area contributed by atoms with Gasteiger partial charge in [-0.15, -0.1) is 0 Å². The van der Waals surface area contributed by atoms with Gasteiger partial charge < -0.3 is 15.4 Å². The normalized spacial score (nSPS) is 12.4. The number of nitrogens with one attached hydrogen (secondary N) is 2. The van der Waals surface area contributed by atoms with Gasteiger partial charge in [0.05, 0.1) is 6.10 Å². The van der Waals surface area contributed by atoms with Crippen molar-refractivity contribution >= 4 is 33.2 Å². The highest BCUT2D eigenvalue weighted by Crippen LogP contribution is 2.15. The van der Waals surface area contributed by atoms with Crippen molar-refractivity contribution in [2.45, 2.75) is 6.10 Å². The van der Waals surface area contributed by atoms with Gasteiger partial charge in [0.25, 0.3) is 5.91 Å². The Kier molecular flexibility index (Phi) is 3.98. The number of hydrogen-bond acceptors (Lipinski definition) is 3. The van der Waals surface area contributed by atoms with Crippen LogP contribution in [-0.2, 0) is 0 Å². The SMILES string of the molecule is O=C(NCC(O)c1ccsc1)c1cc(Br)c[nH]1. The van der Waals surface area contributed by atoms with E-state index in [1.165, 1.54) is 11.3 Å². The number of aliphatic hydroxyl groups excluding tert-OH is 1. The van der Waals surface area contributed by atoms with Crippen LogP contribution in [0.15, 0.2) is 33.6 Å². The van der Waals surface area contributed by atoms with E-state index in [4.69, 9.17) is 0 Å². The van der Waals surface area contributed by atoms with E-state index in [-0.39, 0.29) is 12.5 Å². The van der Waals surface area contributed by atoms with Crippen molar-refractivity contribution in [1.82, 2.24) is 10.3 Å². The molecule has 1 amide bonds. The molecule has 2 aromatic heterocycles. The van der Waals surface area contributed by atoms with Gasteiger partial charge in [0.2, 0.25) is 0 Å². The molecular weight excluding hydrogens is 304 g/mol. The summed E-state index contributed by atoms with van der Waals surface area (Å²) < 4.78 is 0.820. The van der Waals surface area contributed by atoms with Crippen LogP contribution >= 0.6 is 27.3 Å². The summed E-state index contributed by atoms with van der Waals surface area (Å²) in [6.07, 6.45) is 1.02. The third-order valence-corrected chi connectivity index (χ3v) is 3.44. The number of carbonyl (C=O) groups is 1. The smallest absolute Gasteiger partial charge is 0.267 e. The molecule has 2 rings (SSSR count). The Morgan fingerprint density at radius 1 is 1.65 bits per heavy atom. The number of hydrogen-bond donors (Lipinski definition) is 3. The standard InChI is InChI=1S/C11H11BrN2O2S/c12-8-3-9(13-4-8)11(16)14-5-10(15)7-1-2-17-6-7/h1-4,6,10,13,15H,5H2,(H,14,16). The van der Waals surface area contributed by atoms with Crippen LogP contribution in [-0.4, -0.2) is 22.5 Å². The second-order valence-corrected chi connectivity index (χ2v) is 5.21. The maximum atomic E-state index is 11.7. The monoisotopic (exact) mass is 314 g/mol. The third kappa shape index (κ3) is 3.18. The average Bonchev–Trinajstić information content (AvgIpc) is 2.95. The minimum absolute atomic E-state index is 0.201. The number of aromatic amines is 1. The van der Waals surface area contributed by atoms with Gasteiger partial charge in [0.1, 0.15) is 5.69 Å². The lowest BCUT2D eigenvalue weighted by molar-refractivity contribution is 0.0912. The van der Waals surface area contributed by atoms with Crippen molar-refractivity contribution in [2.24, 2.45) is 0 Å². The number of carbonyl (C=O) groups excluding carboxylic acids is 1. The molecule has 6 heteroatoms. The number of halogens is 1. The predicted octanol–water partition coefficient (Wildman–Crippen LogP) is 2.30. The van der Waals surface area contributed by atoms with Crippen LogP contribution in [0, 0.1) is 0 Å². The molecule has 1 unspecified atom stereocenters. The molecule has 3 N–H and O–H groups in total. The molecular formula is C11H11BrN2O2S. The lowest BCUT2D eigenvalue weighted by Crippen LogP contribution is -2.28. The van der Waals surface area contributed by atoms with E-state index in [0.29, 0.717) is 5.69 Å². The summed E-state index contributed by atoms with van der Waals surface area (Å²) in [4.78, 5) is 14.5. The van der Waals surface area contributed by atoms with Crippen LogP contribution in [0.5, 0.6) is 0 Å². The lowest BCUT2D eigenvalue weighted by Gasteiger charge is -2.09. The van der Waals surface area contributed by atoms with E-state index in [2.05, 4.69) is 26.2 Å². The second-order valence-electron chi connectivity index (χ2n) is 3.51. The van der Waals surface area contributed by atoms with E-state index in [0.717, 1.165) is 10.0 Å². The van der Waals surface area contributed by atoms with Crippen LogP contribution in [0.25, 0.3) is 0 Å². The molecule has 2 heterocycles. The topological polar surface area (TPSA) is 65.1 Å². The van der Waals surface area contributed by atoms with Crippen LogP contribution in [0.2, 0.25) is 0 Å². The fourth-order valence-electron chi connectivity index (χ4n) is 1.37. The highest BCUT2D eigenvalue weighted by atomic mass is 79.9. The van der Waals surface area contributed by atoms with E-state index in [1.54, 1.807) is 12.3 Å². The van der Waals surface area contributed by atoms with Crippen LogP contribution < -0.4 is 5.32 Å². The minimum Gasteiger partial charge on any atom is -0.387 e. The van der Waals surface area contributed by atoms with Gasteiger partial charge in [-0.3, -0.25) is 4.79 Å². The lowest BCUT2D eigenvalue weighted by atomic mass is 10.2. The number of amides is 1. The number of thiophene rings is 1. The first kappa shape index (κ1) is 12.3. The van der Waals surface area contributed by atoms with Crippen molar-refractivity contribution < 1.29 is 9.90 Å². The molecule has 0 aliphatic rings. The summed E-state index contributed by atoms with van der Waals surface area (Å²) in [7, 11) is 0. The zero-order valence-electron chi connectivity index (χ0n) is 8.81. The van der Waals surface area contributed by atoms with E-state index in [9.17, 15) is 9.90 Å². The van der Waals surface area contributed by atoms with Crippen molar-refractivity contribution in [2.75, 3.05) is 6.54 Å². The van der Waals surface area contributed by atoms with Gasteiger partial charge in [-0.25, -0.2) is 0 Å². The number of rotatable bonds is 4. The molecule has 2 aromatic rings. The molecule has 0 fully saturated rings. The van der Waals surface area contributed by atoms with Crippen LogP contribution in [0.3, 0.4) is 0 Å². The fourth-order valence-corrected chi connectivity index (χ4v) is 2.42. The summed E-state index contributed by atoms with van der Waals surface area (Å²) in [6.45, 7) is 0.201. The molecule has 1 atom stereocenters. The largest absolute Gasteiger partial charge is 0.387 e. The Bertz CT molecular complexity index is 495. The van der Waals surface area contributed by atoms with Crippen molar-refractivity contribution in [3.8, 4) is 0 Å². The fraction of sp³-hybridized carbons (Fsp3) is 0.182. The molecule has 4 nitrogen and oxygen atoms in total. The van der Waals surface area contributed by atoms with Gasteiger partial charge in [-0.1, -0.05) is 0 Å². The van der Waals surface area contributed by atoms with E-state index < -0.39 is 6.10 Å². The Morgan fingerprint density at radius 3 is 3.06 bits per heavy atom. The van der Waals surface area contributed by atoms with Crippen LogP contribution in [0.1, 0.15) is 22.2 Å². The zero-order chi connectivity index (χ0) is 12.3. The zero-order valence-corrected chi connectivity index (χ0v) is 11.2. The highest BCUT2D eigenvalue weighted by molar-refractivity contribution is 9.10. The predicted molar refractivity (Wildman–Crippen MR) is 70.1 cm³/mol. The summed E-state index contributed by atoms with van der Waals surface area (Å²) in [5.41, 5.74) is 1.29. The molecule has 0 spiro atoms. The maximum Gasteiger partial charge on any atom is 0.267 e. The quantitative estimate of drug-likeness (QED) is 0.810. The van der Waals surface area contributed by atoms with Crippen molar-refractivity contribution in [3.05, 3.63) is 44.8 Å². The van der Waals surface area contributed by atoms with E-state index in [1.807, 2.05) is 16.8 Å². The molecule has 90 valence electrons. The molecule has 0 saturated carbocycles. The molecule has 0 bridgehead atoms. The summed E-state index contributed by atoms with van der Waals surface area (Å²) >= 11 is 4.77. The van der Waals surface area contributed by atoms with Gasteiger partial charge in [0.15, 0.2) is 0 Å². The summed E-state index contributed by atoms with van der Waals surface area (Å²) in [5, 5.41) is 16.2. The summed E-state index contributed by atoms with van der Waals surface area (Å²) in [5.74, 6) is -0.232. The molecule has 0 aliphatic carbocycles. The Balaban J connectivity index is 1.88. The number of aromatic nitrogens is 1. The second kappa shape index (κ2) is 5.48. The van der Waals surface area contributed by atoms with Crippen molar-refractivity contribution in [1.29, 1.82) is 0 Å².